The monoisotopic (exact) mass is 360 g/mol. The van der Waals surface area contributed by atoms with Gasteiger partial charge in [0.1, 0.15) is 11.8 Å². The van der Waals surface area contributed by atoms with E-state index in [9.17, 15) is 19.5 Å². The van der Waals surface area contributed by atoms with Gasteiger partial charge in [0.15, 0.2) is 0 Å². The summed E-state index contributed by atoms with van der Waals surface area (Å²) >= 11 is 0. The Hall–Kier alpha value is -2.31. The molecule has 0 aromatic carbocycles. The molecule has 0 radical (unpaired) electrons. The van der Waals surface area contributed by atoms with Crippen molar-refractivity contribution >= 4 is 17.8 Å². The lowest BCUT2D eigenvalue weighted by Crippen LogP contribution is -2.45. The van der Waals surface area contributed by atoms with Gasteiger partial charge in [0.05, 0.1) is 11.8 Å². The number of furan rings is 1. The van der Waals surface area contributed by atoms with E-state index >= 15 is 0 Å². The minimum absolute atomic E-state index is 0.210. The fraction of sp³-hybridized carbons (Fsp3) is 0.632. The summed E-state index contributed by atoms with van der Waals surface area (Å²) in [6, 6.07) is 0.779. The van der Waals surface area contributed by atoms with E-state index in [1.54, 1.807) is 13.0 Å². The van der Waals surface area contributed by atoms with Crippen LogP contribution in [0.25, 0.3) is 0 Å². The molecule has 1 aromatic rings. The number of amides is 2. The number of piperidine rings is 1. The molecule has 7 heteroatoms. The summed E-state index contributed by atoms with van der Waals surface area (Å²) in [5.74, 6) is -0.286. The van der Waals surface area contributed by atoms with Crippen molar-refractivity contribution in [3.63, 3.8) is 0 Å². The third-order valence-corrected chi connectivity index (χ3v) is 6.21. The number of carbonyl (C=O) groups excluding carboxylic acids is 2. The van der Waals surface area contributed by atoms with Crippen LogP contribution in [-0.4, -0.2) is 58.4 Å². The topological polar surface area (TPSA) is 91.1 Å². The molecule has 4 rings (SSSR count). The third kappa shape index (κ3) is 2.89. The fourth-order valence-corrected chi connectivity index (χ4v) is 4.40. The number of aryl methyl sites for hydroxylation is 1. The molecule has 1 spiro atoms. The minimum atomic E-state index is -0.965. The lowest BCUT2D eigenvalue weighted by atomic mass is 9.76. The summed E-state index contributed by atoms with van der Waals surface area (Å²) < 4.78 is 5.21. The molecule has 1 aliphatic carbocycles. The molecule has 0 bridgehead atoms. The van der Waals surface area contributed by atoms with Gasteiger partial charge in [-0.1, -0.05) is 0 Å². The molecule has 3 heterocycles. The van der Waals surface area contributed by atoms with Crippen molar-refractivity contribution in [2.75, 3.05) is 19.6 Å². The van der Waals surface area contributed by atoms with Crippen molar-refractivity contribution in [2.45, 2.75) is 45.1 Å². The molecule has 1 aromatic heterocycles. The molecule has 3 fully saturated rings. The molecule has 2 amide bonds. The molecule has 0 unspecified atom stereocenters. The van der Waals surface area contributed by atoms with Gasteiger partial charge in [0.2, 0.25) is 5.91 Å². The van der Waals surface area contributed by atoms with Crippen LogP contribution in [0, 0.1) is 18.3 Å². The van der Waals surface area contributed by atoms with E-state index < -0.39 is 12.0 Å². The van der Waals surface area contributed by atoms with Crippen LogP contribution in [-0.2, 0) is 9.59 Å². The maximum atomic E-state index is 12.9. The second-order valence-electron chi connectivity index (χ2n) is 7.98. The number of nitrogens with zero attached hydrogens (tertiary/aromatic N) is 2. The highest BCUT2D eigenvalue weighted by Gasteiger charge is 2.51. The van der Waals surface area contributed by atoms with Crippen molar-refractivity contribution in [1.29, 1.82) is 0 Å². The van der Waals surface area contributed by atoms with Crippen molar-refractivity contribution in [3.05, 3.63) is 23.7 Å². The molecule has 26 heavy (non-hydrogen) atoms. The molecule has 2 saturated heterocycles. The summed E-state index contributed by atoms with van der Waals surface area (Å²) in [7, 11) is 0. The SMILES string of the molecule is Cc1occc1C(=O)N1CC2(CCN(C(=O)C3CC3)CC2)C[C@H]1C(=O)O. The Kier molecular flexibility index (Phi) is 4.04. The zero-order valence-electron chi connectivity index (χ0n) is 14.9. The van der Waals surface area contributed by atoms with Gasteiger partial charge in [-0.3, -0.25) is 9.59 Å². The van der Waals surface area contributed by atoms with Gasteiger partial charge in [-0.25, -0.2) is 4.79 Å². The molecule has 1 atom stereocenters. The third-order valence-electron chi connectivity index (χ3n) is 6.21. The molecule has 1 N–H and O–H groups in total. The Morgan fingerprint density at radius 2 is 1.92 bits per heavy atom. The Balaban J connectivity index is 1.49. The summed E-state index contributed by atoms with van der Waals surface area (Å²) in [6.45, 7) is 3.46. The summed E-state index contributed by atoms with van der Waals surface area (Å²) in [4.78, 5) is 40.3. The largest absolute Gasteiger partial charge is 0.480 e. The van der Waals surface area contributed by atoms with Crippen LogP contribution >= 0.6 is 0 Å². The Labute approximate surface area is 151 Å². The average Bonchev–Trinajstić information content (AvgIpc) is 3.28. The van der Waals surface area contributed by atoms with Gasteiger partial charge in [-0.05, 0) is 50.5 Å². The van der Waals surface area contributed by atoms with Crippen LogP contribution in [0.4, 0.5) is 0 Å². The van der Waals surface area contributed by atoms with Crippen LogP contribution in [0.3, 0.4) is 0 Å². The van der Waals surface area contributed by atoms with E-state index in [1.165, 1.54) is 11.2 Å². The van der Waals surface area contributed by atoms with Gasteiger partial charge >= 0.3 is 5.97 Å². The zero-order valence-corrected chi connectivity index (χ0v) is 14.9. The van der Waals surface area contributed by atoms with E-state index in [0.717, 1.165) is 25.7 Å². The standard InChI is InChI=1S/C19H24N2O5/c1-12-14(4-9-26-12)17(23)21-11-19(10-15(21)18(24)25)5-7-20(8-6-19)16(22)13-2-3-13/h4,9,13,15H,2-3,5-8,10-11H2,1H3,(H,24,25)/t15-/m0/s1. The van der Waals surface area contributed by atoms with Gasteiger partial charge in [-0.15, -0.1) is 0 Å². The number of carboxylic acid groups (broad SMARTS) is 1. The predicted octanol–water partition coefficient (Wildman–Crippen LogP) is 1.91. The van der Waals surface area contributed by atoms with Crippen molar-refractivity contribution in [2.24, 2.45) is 11.3 Å². The molecule has 3 aliphatic rings. The summed E-state index contributed by atoms with van der Waals surface area (Å²) in [6.07, 6.45) is 5.40. The molecular weight excluding hydrogens is 336 g/mol. The Morgan fingerprint density at radius 3 is 2.46 bits per heavy atom. The fourth-order valence-electron chi connectivity index (χ4n) is 4.40. The van der Waals surface area contributed by atoms with Crippen molar-refractivity contribution in [3.8, 4) is 0 Å². The van der Waals surface area contributed by atoms with Crippen LogP contribution in [0.2, 0.25) is 0 Å². The van der Waals surface area contributed by atoms with Gasteiger partial charge in [0.25, 0.3) is 5.91 Å². The molecule has 7 nitrogen and oxygen atoms in total. The van der Waals surface area contributed by atoms with Crippen molar-refractivity contribution in [1.82, 2.24) is 9.80 Å². The van der Waals surface area contributed by atoms with Crippen LogP contribution < -0.4 is 0 Å². The first-order valence-electron chi connectivity index (χ1n) is 9.27. The average molecular weight is 360 g/mol. The number of hydrogen-bond acceptors (Lipinski definition) is 4. The van der Waals surface area contributed by atoms with Gasteiger partial charge < -0.3 is 19.3 Å². The smallest absolute Gasteiger partial charge is 0.326 e. The zero-order chi connectivity index (χ0) is 18.5. The first kappa shape index (κ1) is 17.1. The predicted molar refractivity (Wildman–Crippen MR) is 91.5 cm³/mol. The second kappa shape index (κ2) is 6.14. The molecule has 1 saturated carbocycles. The van der Waals surface area contributed by atoms with E-state index in [4.69, 9.17) is 4.42 Å². The Bertz CT molecular complexity index is 743. The van der Waals surface area contributed by atoms with Gasteiger partial charge in [-0.2, -0.15) is 0 Å². The van der Waals surface area contributed by atoms with E-state index in [1.807, 2.05) is 4.90 Å². The van der Waals surface area contributed by atoms with E-state index in [2.05, 4.69) is 0 Å². The molecule has 140 valence electrons. The maximum absolute atomic E-state index is 12.9. The van der Waals surface area contributed by atoms with Gasteiger partial charge in [0, 0.05) is 25.6 Å². The Morgan fingerprint density at radius 1 is 1.23 bits per heavy atom. The highest BCUT2D eigenvalue weighted by Crippen LogP contribution is 2.45. The number of aliphatic carboxylic acids is 1. The normalized spacial score (nSPS) is 24.9. The number of likely N-dealkylation sites (tertiary alicyclic amines) is 2. The quantitative estimate of drug-likeness (QED) is 0.889. The van der Waals surface area contributed by atoms with E-state index in [0.29, 0.717) is 37.4 Å². The lowest BCUT2D eigenvalue weighted by Gasteiger charge is -2.39. The molecular formula is C19H24N2O5. The summed E-state index contributed by atoms with van der Waals surface area (Å²) in [5, 5.41) is 9.65. The number of carbonyl (C=O) groups is 3. The van der Waals surface area contributed by atoms with Crippen molar-refractivity contribution < 1.29 is 23.9 Å². The van der Waals surface area contributed by atoms with Crippen LogP contribution in [0.1, 0.15) is 48.2 Å². The lowest BCUT2D eigenvalue weighted by molar-refractivity contribution is -0.141. The second-order valence-corrected chi connectivity index (χ2v) is 7.98. The highest BCUT2D eigenvalue weighted by molar-refractivity contribution is 5.97. The maximum Gasteiger partial charge on any atom is 0.326 e. The summed E-state index contributed by atoms with van der Waals surface area (Å²) in [5.41, 5.74) is 0.214. The first-order chi connectivity index (χ1) is 12.4. The van der Waals surface area contributed by atoms with E-state index in [-0.39, 0.29) is 23.1 Å². The highest BCUT2D eigenvalue weighted by atomic mass is 16.4. The molecule has 2 aliphatic heterocycles. The van der Waals surface area contributed by atoms with Crippen LogP contribution in [0.5, 0.6) is 0 Å². The minimum Gasteiger partial charge on any atom is -0.480 e. The van der Waals surface area contributed by atoms with Crippen LogP contribution in [0.15, 0.2) is 16.7 Å². The first-order valence-corrected chi connectivity index (χ1v) is 9.27. The number of rotatable bonds is 3. The number of carboxylic acids is 1. The number of hydrogen-bond donors (Lipinski definition) is 1.